The Morgan fingerprint density at radius 3 is 2.81 bits per heavy atom. The molecule has 0 aromatic heterocycles. The molecule has 2 aliphatic heterocycles. The number of rotatable bonds is 3. The SMILES string of the molecule is O=C(NC1(C(=O)O)CCSC1)c1cccc2c1OCCO2. The summed E-state index contributed by atoms with van der Waals surface area (Å²) in [6, 6.07) is 5.03. The van der Waals surface area contributed by atoms with E-state index in [9.17, 15) is 14.7 Å². The molecule has 1 atom stereocenters. The van der Waals surface area contributed by atoms with Gasteiger partial charge in [-0.1, -0.05) is 6.07 Å². The van der Waals surface area contributed by atoms with Crippen molar-refractivity contribution >= 4 is 23.6 Å². The maximum absolute atomic E-state index is 12.5. The van der Waals surface area contributed by atoms with E-state index in [1.807, 2.05) is 0 Å². The first-order valence-corrected chi connectivity index (χ1v) is 7.80. The van der Waals surface area contributed by atoms with Crippen LogP contribution in [-0.2, 0) is 4.79 Å². The Bertz CT molecular complexity index is 583. The first-order valence-electron chi connectivity index (χ1n) is 6.65. The van der Waals surface area contributed by atoms with Gasteiger partial charge in [-0.3, -0.25) is 4.79 Å². The monoisotopic (exact) mass is 309 g/mol. The Balaban J connectivity index is 1.87. The topological polar surface area (TPSA) is 84.9 Å². The minimum Gasteiger partial charge on any atom is -0.486 e. The lowest BCUT2D eigenvalue weighted by molar-refractivity contribution is -0.143. The van der Waals surface area contributed by atoms with Gasteiger partial charge in [-0.2, -0.15) is 11.8 Å². The smallest absolute Gasteiger partial charge is 0.330 e. The number of carboxylic acids is 1. The van der Waals surface area contributed by atoms with Crippen molar-refractivity contribution in [2.24, 2.45) is 0 Å². The van der Waals surface area contributed by atoms with Gasteiger partial charge in [-0.25, -0.2) is 4.79 Å². The molecule has 1 unspecified atom stereocenters. The molecular formula is C14H15NO5S. The van der Waals surface area contributed by atoms with Crippen LogP contribution in [0.15, 0.2) is 18.2 Å². The third kappa shape index (κ3) is 2.53. The predicted molar refractivity (Wildman–Crippen MR) is 77.2 cm³/mol. The van der Waals surface area contributed by atoms with E-state index in [1.54, 1.807) is 18.2 Å². The molecule has 1 saturated heterocycles. The average molecular weight is 309 g/mol. The van der Waals surface area contributed by atoms with Crippen molar-refractivity contribution in [2.45, 2.75) is 12.0 Å². The summed E-state index contributed by atoms with van der Waals surface area (Å²) in [6.07, 6.45) is 0.422. The van der Waals surface area contributed by atoms with Crippen molar-refractivity contribution in [3.05, 3.63) is 23.8 Å². The number of para-hydroxylation sites is 1. The molecule has 1 amide bonds. The number of benzene rings is 1. The number of fused-ring (bicyclic) bond motifs is 1. The van der Waals surface area contributed by atoms with Crippen LogP contribution in [0, 0.1) is 0 Å². The number of hydrogen-bond acceptors (Lipinski definition) is 5. The molecule has 2 heterocycles. The van der Waals surface area contributed by atoms with Crippen molar-refractivity contribution in [1.82, 2.24) is 5.32 Å². The third-order valence-electron chi connectivity index (χ3n) is 3.59. The van der Waals surface area contributed by atoms with Crippen LogP contribution in [0.25, 0.3) is 0 Å². The quantitative estimate of drug-likeness (QED) is 0.871. The van der Waals surface area contributed by atoms with Gasteiger partial charge in [-0.05, 0) is 24.3 Å². The molecule has 3 rings (SSSR count). The van der Waals surface area contributed by atoms with Crippen molar-refractivity contribution in [3.8, 4) is 11.5 Å². The predicted octanol–water partition coefficient (Wildman–Crippen LogP) is 1.15. The summed E-state index contributed by atoms with van der Waals surface area (Å²) in [5, 5.41) is 12.1. The number of thioether (sulfide) groups is 1. The second-order valence-corrected chi connectivity index (χ2v) is 6.08. The fraction of sp³-hybridized carbons (Fsp3) is 0.429. The molecule has 0 spiro atoms. The molecule has 1 fully saturated rings. The number of aliphatic carboxylic acids is 1. The van der Waals surface area contributed by atoms with Crippen molar-refractivity contribution in [3.63, 3.8) is 0 Å². The van der Waals surface area contributed by atoms with Crippen LogP contribution in [0.3, 0.4) is 0 Å². The van der Waals surface area contributed by atoms with Crippen LogP contribution in [0.2, 0.25) is 0 Å². The summed E-state index contributed by atoms with van der Waals surface area (Å²) in [5.74, 6) is 0.552. The average Bonchev–Trinajstić information content (AvgIpc) is 2.96. The Hall–Kier alpha value is -1.89. The Morgan fingerprint density at radius 1 is 1.29 bits per heavy atom. The van der Waals surface area contributed by atoms with Gasteiger partial charge >= 0.3 is 5.97 Å². The van der Waals surface area contributed by atoms with Crippen LogP contribution >= 0.6 is 11.8 Å². The van der Waals surface area contributed by atoms with Gasteiger partial charge in [0.1, 0.15) is 18.8 Å². The molecule has 0 saturated carbocycles. The van der Waals surface area contributed by atoms with Gasteiger partial charge < -0.3 is 19.9 Å². The van der Waals surface area contributed by atoms with E-state index in [1.165, 1.54) is 11.8 Å². The standard InChI is InChI=1S/C14H15NO5S/c16-12(15-14(13(17)18)4-7-21-8-14)9-2-1-3-10-11(9)20-6-5-19-10/h1-3H,4-8H2,(H,15,16)(H,17,18). The molecule has 112 valence electrons. The highest BCUT2D eigenvalue weighted by molar-refractivity contribution is 7.99. The second kappa shape index (κ2) is 5.48. The molecule has 6 nitrogen and oxygen atoms in total. The lowest BCUT2D eigenvalue weighted by Gasteiger charge is -2.26. The molecule has 0 bridgehead atoms. The van der Waals surface area contributed by atoms with Crippen LogP contribution in [-0.4, -0.2) is 47.2 Å². The van der Waals surface area contributed by atoms with E-state index in [-0.39, 0.29) is 0 Å². The number of carbonyl (C=O) groups excluding carboxylic acids is 1. The first-order chi connectivity index (χ1) is 10.1. The van der Waals surface area contributed by atoms with Crippen LogP contribution in [0.4, 0.5) is 0 Å². The van der Waals surface area contributed by atoms with E-state index in [2.05, 4.69) is 5.32 Å². The maximum Gasteiger partial charge on any atom is 0.330 e. The molecule has 0 aliphatic carbocycles. The highest BCUT2D eigenvalue weighted by Gasteiger charge is 2.43. The summed E-state index contributed by atoms with van der Waals surface area (Å²) in [5.41, 5.74) is -0.885. The molecule has 1 aromatic carbocycles. The highest BCUT2D eigenvalue weighted by Crippen LogP contribution is 2.35. The molecule has 2 N–H and O–H groups in total. The van der Waals surface area contributed by atoms with Gasteiger partial charge in [0.15, 0.2) is 11.5 Å². The largest absolute Gasteiger partial charge is 0.486 e. The zero-order chi connectivity index (χ0) is 14.9. The molecule has 0 radical (unpaired) electrons. The van der Waals surface area contributed by atoms with Crippen molar-refractivity contribution in [2.75, 3.05) is 24.7 Å². The van der Waals surface area contributed by atoms with Gasteiger partial charge in [-0.15, -0.1) is 0 Å². The molecule has 1 aromatic rings. The van der Waals surface area contributed by atoms with Gasteiger partial charge in [0.2, 0.25) is 0 Å². The summed E-state index contributed by atoms with van der Waals surface area (Å²) in [4.78, 5) is 24.0. The number of ether oxygens (including phenoxy) is 2. The van der Waals surface area contributed by atoms with Crippen LogP contribution in [0.5, 0.6) is 11.5 Å². The minimum absolute atomic E-state index is 0.310. The normalized spacial score (nSPS) is 23.6. The number of hydrogen-bond donors (Lipinski definition) is 2. The summed E-state index contributed by atoms with van der Waals surface area (Å²) >= 11 is 1.52. The summed E-state index contributed by atoms with van der Waals surface area (Å²) in [7, 11) is 0. The number of carbonyl (C=O) groups is 2. The van der Waals surface area contributed by atoms with Crippen LogP contribution < -0.4 is 14.8 Å². The molecule has 7 heteroatoms. The zero-order valence-corrected chi connectivity index (χ0v) is 12.1. The molecule has 21 heavy (non-hydrogen) atoms. The number of amides is 1. The number of nitrogens with one attached hydrogen (secondary N) is 1. The van der Waals surface area contributed by atoms with E-state index in [4.69, 9.17) is 9.47 Å². The zero-order valence-electron chi connectivity index (χ0n) is 11.3. The fourth-order valence-corrected chi connectivity index (χ4v) is 3.75. The third-order valence-corrected chi connectivity index (χ3v) is 4.78. The minimum atomic E-state index is -1.19. The molecular weight excluding hydrogens is 294 g/mol. The van der Waals surface area contributed by atoms with E-state index < -0.39 is 17.4 Å². The lowest BCUT2D eigenvalue weighted by Crippen LogP contribution is -2.54. The summed E-state index contributed by atoms with van der Waals surface area (Å²) in [6.45, 7) is 0.811. The van der Waals surface area contributed by atoms with Gasteiger partial charge in [0.25, 0.3) is 5.91 Å². The van der Waals surface area contributed by atoms with Crippen molar-refractivity contribution < 1.29 is 24.2 Å². The Morgan fingerprint density at radius 2 is 2.10 bits per heavy atom. The number of carboxylic acid groups (broad SMARTS) is 1. The maximum atomic E-state index is 12.5. The Kier molecular flexibility index (Phi) is 3.67. The van der Waals surface area contributed by atoms with Crippen LogP contribution in [0.1, 0.15) is 16.8 Å². The first kappa shape index (κ1) is 14.1. The van der Waals surface area contributed by atoms with Crippen molar-refractivity contribution in [1.29, 1.82) is 0 Å². The Labute approximate surface area is 125 Å². The van der Waals surface area contributed by atoms with Gasteiger partial charge in [0, 0.05) is 5.75 Å². The second-order valence-electron chi connectivity index (χ2n) is 4.97. The lowest BCUT2D eigenvalue weighted by atomic mass is 9.98. The van der Waals surface area contributed by atoms with E-state index >= 15 is 0 Å². The van der Waals surface area contributed by atoms with E-state index in [0.717, 1.165) is 5.75 Å². The fourth-order valence-electron chi connectivity index (χ4n) is 2.42. The summed E-state index contributed by atoms with van der Waals surface area (Å²) < 4.78 is 10.9. The van der Waals surface area contributed by atoms with E-state index in [0.29, 0.717) is 42.4 Å². The molecule has 2 aliphatic rings. The highest BCUT2D eigenvalue weighted by atomic mass is 32.2. The van der Waals surface area contributed by atoms with Gasteiger partial charge in [0.05, 0.1) is 5.56 Å².